The first-order chi connectivity index (χ1) is 11.8. The highest BCUT2D eigenvalue weighted by atomic mass is 16.5. The highest BCUT2D eigenvalue weighted by molar-refractivity contribution is 5.76. The molecule has 0 aromatic heterocycles. The molecule has 1 atom stereocenters. The normalized spacial score (nSPS) is 20.0. The van der Waals surface area contributed by atoms with E-state index in [2.05, 4.69) is 24.8 Å². The fourth-order valence-corrected chi connectivity index (χ4v) is 3.03. The number of morpholine rings is 1. The van der Waals surface area contributed by atoms with Crippen LogP contribution in [0.4, 0.5) is 0 Å². The van der Waals surface area contributed by atoms with E-state index in [4.69, 9.17) is 14.7 Å². The van der Waals surface area contributed by atoms with Crippen molar-refractivity contribution in [1.82, 2.24) is 9.80 Å². The second-order valence-electron chi connectivity index (χ2n) is 7.28. The maximum atomic E-state index is 11.6. The maximum Gasteiger partial charge on any atom is 0.248 e. The largest absolute Gasteiger partial charge is 0.369 e. The van der Waals surface area contributed by atoms with Gasteiger partial charge in [0.2, 0.25) is 5.91 Å². The van der Waals surface area contributed by atoms with Gasteiger partial charge in [0.15, 0.2) is 0 Å². The SMILES string of the molecule is CN(C)C(=O)COC[C@H]1CN(Cc2cccc(C#N)c2)CC(C)(C)O1. The van der Waals surface area contributed by atoms with Gasteiger partial charge in [-0.25, -0.2) is 0 Å². The summed E-state index contributed by atoms with van der Waals surface area (Å²) in [5, 5.41) is 9.04. The summed E-state index contributed by atoms with van der Waals surface area (Å²) in [5.41, 5.74) is 1.50. The Morgan fingerprint density at radius 1 is 1.48 bits per heavy atom. The van der Waals surface area contributed by atoms with E-state index in [9.17, 15) is 4.79 Å². The summed E-state index contributed by atoms with van der Waals surface area (Å²) in [6.07, 6.45) is -0.0853. The molecule has 1 fully saturated rings. The number of carbonyl (C=O) groups excluding carboxylic acids is 1. The van der Waals surface area contributed by atoms with E-state index in [0.717, 1.165) is 25.2 Å². The summed E-state index contributed by atoms with van der Waals surface area (Å²) in [5.74, 6) is -0.0553. The molecule has 6 heteroatoms. The first-order valence-electron chi connectivity index (χ1n) is 8.46. The molecular formula is C19H27N3O3. The van der Waals surface area contributed by atoms with Crippen LogP contribution in [0.25, 0.3) is 0 Å². The molecule has 0 N–H and O–H groups in total. The molecule has 1 heterocycles. The molecule has 1 aliphatic heterocycles. The molecule has 0 saturated carbocycles. The van der Waals surface area contributed by atoms with Crippen molar-refractivity contribution in [2.75, 3.05) is 40.4 Å². The van der Waals surface area contributed by atoms with Gasteiger partial charge in [0.05, 0.1) is 29.9 Å². The van der Waals surface area contributed by atoms with E-state index in [-0.39, 0.29) is 24.2 Å². The zero-order valence-electron chi connectivity index (χ0n) is 15.5. The van der Waals surface area contributed by atoms with Crippen molar-refractivity contribution in [2.45, 2.75) is 32.1 Å². The van der Waals surface area contributed by atoms with Gasteiger partial charge in [0, 0.05) is 33.7 Å². The Morgan fingerprint density at radius 3 is 2.92 bits per heavy atom. The Hall–Kier alpha value is -1.94. The van der Waals surface area contributed by atoms with Crippen LogP contribution in [0.3, 0.4) is 0 Å². The number of hydrogen-bond acceptors (Lipinski definition) is 5. The Morgan fingerprint density at radius 2 is 2.24 bits per heavy atom. The van der Waals surface area contributed by atoms with Crippen LogP contribution in [0.2, 0.25) is 0 Å². The number of carbonyl (C=O) groups is 1. The smallest absolute Gasteiger partial charge is 0.248 e. The lowest BCUT2D eigenvalue weighted by atomic mass is 10.0. The van der Waals surface area contributed by atoms with Crippen LogP contribution < -0.4 is 0 Å². The van der Waals surface area contributed by atoms with Gasteiger partial charge in [0.25, 0.3) is 0 Å². The Kier molecular flexibility index (Phi) is 6.54. The third-order valence-electron chi connectivity index (χ3n) is 4.04. The summed E-state index contributed by atoms with van der Waals surface area (Å²) in [6, 6.07) is 9.85. The van der Waals surface area contributed by atoms with Gasteiger partial charge < -0.3 is 14.4 Å². The predicted octanol–water partition coefficient (Wildman–Crippen LogP) is 1.64. The van der Waals surface area contributed by atoms with E-state index in [1.54, 1.807) is 14.1 Å². The molecule has 0 aliphatic carbocycles. The molecular weight excluding hydrogens is 318 g/mol. The standard InChI is InChI=1S/C19H27N3O3/c1-19(2)14-22(10-16-7-5-6-15(8-16)9-20)11-17(25-19)12-24-13-18(23)21(3)4/h5-8,17H,10-14H2,1-4H3/t17-/m1/s1. The Labute approximate surface area is 149 Å². The van der Waals surface area contributed by atoms with E-state index in [1.807, 2.05) is 24.3 Å². The second-order valence-corrected chi connectivity index (χ2v) is 7.28. The fourth-order valence-electron chi connectivity index (χ4n) is 3.03. The lowest BCUT2D eigenvalue weighted by Crippen LogP contribution is -2.53. The van der Waals surface area contributed by atoms with Gasteiger partial charge in [0.1, 0.15) is 6.61 Å². The molecule has 136 valence electrons. The summed E-state index contributed by atoms with van der Waals surface area (Å²) in [7, 11) is 3.42. The molecule has 0 radical (unpaired) electrons. The van der Waals surface area contributed by atoms with Crippen LogP contribution >= 0.6 is 0 Å². The number of hydrogen-bond donors (Lipinski definition) is 0. The van der Waals surface area contributed by atoms with Crippen molar-refractivity contribution in [2.24, 2.45) is 0 Å². The number of ether oxygens (including phenoxy) is 2. The van der Waals surface area contributed by atoms with E-state index in [1.165, 1.54) is 4.90 Å². The van der Waals surface area contributed by atoms with Gasteiger partial charge in [-0.1, -0.05) is 12.1 Å². The molecule has 1 aliphatic rings. The minimum Gasteiger partial charge on any atom is -0.369 e. The lowest BCUT2D eigenvalue weighted by molar-refractivity contribution is -0.161. The second kappa shape index (κ2) is 8.43. The van der Waals surface area contributed by atoms with Crippen LogP contribution in [-0.4, -0.2) is 67.8 Å². The minimum atomic E-state index is -0.287. The van der Waals surface area contributed by atoms with Crippen LogP contribution in [0.1, 0.15) is 25.0 Å². The highest BCUT2D eigenvalue weighted by Crippen LogP contribution is 2.23. The molecule has 0 unspecified atom stereocenters. The lowest BCUT2D eigenvalue weighted by Gasteiger charge is -2.42. The molecule has 1 aromatic carbocycles. The summed E-state index contributed by atoms with van der Waals surface area (Å²) >= 11 is 0. The average Bonchev–Trinajstić information content (AvgIpc) is 2.53. The van der Waals surface area contributed by atoms with Crippen molar-refractivity contribution in [3.63, 3.8) is 0 Å². The van der Waals surface area contributed by atoms with Gasteiger partial charge >= 0.3 is 0 Å². The molecule has 1 amide bonds. The summed E-state index contributed by atoms with van der Waals surface area (Å²) in [6.45, 7) is 6.86. The van der Waals surface area contributed by atoms with Crippen LogP contribution in [-0.2, 0) is 20.8 Å². The summed E-state index contributed by atoms with van der Waals surface area (Å²) in [4.78, 5) is 15.4. The molecule has 0 bridgehead atoms. The molecule has 1 saturated heterocycles. The monoisotopic (exact) mass is 345 g/mol. The van der Waals surface area contributed by atoms with Gasteiger partial charge in [-0.05, 0) is 31.5 Å². The van der Waals surface area contributed by atoms with E-state index >= 15 is 0 Å². The Balaban J connectivity index is 1.93. The zero-order chi connectivity index (χ0) is 18.4. The van der Waals surface area contributed by atoms with Crippen LogP contribution in [0, 0.1) is 11.3 Å². The number of amides is 1. The Bertz CT molecular complexity index is 637. The van der Waals surface area contributed by atoms with Crippen LogP contribution in [0.5, 0.6) is 0 Å². The molecule has 6 nitrogen and oxygen atoms in total. The number of likely N-dealkylation sites (N-methyl/N-ethyl adjacent to an activating group) is 1. The third-order valence-corrected chi connectivity index (χ3v) is 4.04. The van der Waals surface area contributed by atoms with Crippen molar-refractivity contribution in [3.05, 3.63) is 35.4 Å². The molecule has 1 aromatic rings. The zero-order valence-corrected chi connectivity index (χ0v) is 15.5. The molecule has 0 spiro atoms. The predicted molar refractivity (Wildman–Crippen MR) is 94.9 cm³/mol. The molecule has 2 rings (SSSR count). The number of benzene rings is 1. The number of rotatable bonds is 6. The van der Waals surface area contributed by atoms with Gasteiger partial charge in [-0.15, -0.1) is 0 Å². The maximum absolute atomic E-state index is 11.6. The van der Waals surface area contributed by atoms with Gasteiger partial charge in [-0.3, -0.25) is 9.69 Å². The first kappa shape index (κ1) is 19.4. The quantitative estimate of drug-likeness (QED) is 0.784. The average molecular weight is 345 g/mol. The van der Waals surface area contributed by atoms with E-state index in [0.29, 0.717) is 12.2 Å². The number of nitriles is 1. The van der Waals surface area contributed by atoms with Crippen LogP contribution in [0.15, 0.2) is 24.3 Å². The summed E-state index contributed by atoms with van der Waals surface area (Å²) < 4.78 is 11.6. The topological polar surface area (TPSA) is 65.8 Å². The van der Waals surface area contributed by atoms with E-state index < -0.39 is 0 Å². The van der Waals surface area contributed by atoms with Crippen molar-refractivity contribution < 1.29 is 14.3 Å². The first-order valence-corrected chi connectivity index (χ1v) is 8.46. The van der Waals surface area contributed by atoms with Gasteiger partial charge in [-0.2, -0.15) is 5.26 Å². The third kappa shape index (κ3) is 6.13. The molecule has 25 heavy (non-hydrogen) atoms. The van der Waals surface area contributed by atoms with Crippen molar-refractivity contribution in [1.29, 1.82) is 5.26 Å². The fraction of sp³-hybridized carbons (Fsp3) is 0.579. The van der Waals surface area contributed by atoms with Crippen molar-refractivity contribution in [3.8, 4) is 6.07 Å². The number of nitrogens with zero attached hydrogens (tertiary/aromatic N) is 3. The minimum absolute atomic E-state index is 0.0553. The van der Waals surface area contributed by atoms with Crippen molar-refractivity contribution >= 4 is 5.91 Å². The highest BCUT2D eigenvalue weighted by Gasteiger charge is 2.33.